The molecule has 1 N–H and O–H groups in total. The predicted molar refractivity (Wildman–Crippen MR) is 105 cm³/mol. The smallest absolute Gasteiger partial charge is 0.252 e. The quantitative estimate of drug-likeness (QED) is 0.664. The summed E-state index contributed by atoms with van der Waals surface area (Å²) >= 11 is 1.38. The Kier molecular flexibility index (Phi) is 6.34. The van der Waals surface area contributed by atoms with Gasteiger partial charge in [-0.05, 0) is 35.7 Å². The molecule has 1 aliphatic heterocycles. The van der Waals surface area contributed by atoms with E-state index in [9.17, 15) is 8.42 Å². The average molecular weight is 395 g/mol. The summed E-state index contributed by atoms with van der Waals surface area (Å²) in [6, 6.07) is 10.00. The maximum Gasteiger partial charge on any atom is 0.252 e. The fourth-order valence-electron chi connectivity index (χ4n) is 3.12. The van der Waals surface area contributed by atoms with Gasteiger partial charge in [-0.15, -0.1) is 11.3 Å². The summed E-state index contributed by atoms with van der Waals surface area (Å²) in [5.74, 6) is 1.01. The van der Waals surface area contributed by atoms with Gasteiger partial charge in [-0.2, -0.15) is 4.31 Å². The van der Waals surface area contributed by atoms with Gasteiger partial charge in [0.2, 0.25) is 0 Å². The second-order valence-electron chi connectivity index (χ2n) is 6.28. The van der Waals surface area contributed by atoms with E-state index in [2.05, 4.69) is 17.4 Å². The molecule has 26 heavy (non-hydrogen) atoms. The summed E-state index contributed by atoms with van der Waals surface area (Å²) in [5, 5.41) is 3.44. The van der Waals surface area contributed by atoms with Crippen LogP contribution in [0.3, 0.4) is 0 Å². The third-order valence-corrected chi connectivity index (χ3v) is 8.23. The van der Waals surface area contributed by atoms with E-state index in [4.69, 9.17) is 4.74 Å². The number of hydrogen-bond donors (Lipinski definition) is 1. The number of sulfonamides is 1. The number of ether oxygens (including phenoxy) is 1. The minimum Gasteiger partial charge on any atom is -0.493 e. The summed E-state index contributed by atoms with van der Waals surface area (Å²) in [5.41, 5.74) is 2.54. The molecule has 5 nitrogen and oxygen atoms in total. The fourth-order valence-corrected chi connectivity index (χ4v) is 6.08. The number of fused-ring (bicyclic) bond motifs is 1. The Morgan fingerprint density at radius 2 is 2.00 bits per heavy atom. The lowest BCUT2D eigenvalue weighted by Gasteiger charge is -2.16. The minimum absolute atomic E-state index is 0.440. The van der Waals surface area contributed by atoms with Gasteiger partial charge < -0.3 is 10.1 Å². The minimum atomic E-state index is -3.34. The molecule has 0 atom stereocenters. The topological polar surface area (TPSA) is 58.6 Å². The molecule has 0 fully saturated rings. The van der Waals surface area contributed by atoms with E-state index in [0.717, 1.165) is 43.2 Å². The molecule has 7 heteroatoms. The van der Waals surface area contributed by atoms with Crippen molar-refractivity contribution < 1.29 is 13.2 Å². The number of benzene rings is 1. The van der Waals surface area contributed by atoms with Crippen LogP contribution in [0.4, 0.5) is 0 Å². The summed E-state index contributed by atoms with van der Waals surface area (Å²) in [7, 11) is -3.34. The van der Waals surface area contributed by atoms with Crippen LogP contribution in [0.5, 0.6) is 5.75 Å². The van der Waals surface area contributed by atoms with Crippen LogP contribution in [0.1, 0.15) is 29.9 Å². The highest BCUT2D eigenvalue weighted by Crippen LogP contribution is 2.26. The van der Waals surface area contributed by atoms with Crippen LogP contribution >= 0.6 is 11.3 Å². The second kappa shape index (κ2) is 8.52. The number of hydrogen-bond acceptors (Lipinski definition) is 5. The largest absolute Gasteiger partial charge is 0.493 e. The highest BCUT2D eigenvalue weighted by Gasteiger charge is 2.23. The zero-order valence-electron chi connectivity index (χ0n) is 15.3. The number of nitrogens with zero attached hydrogens (tertiary/aromatic N) is 1. The maximum absolute atomic E-state index is 12.5. The third kappa shape index (κ3) is 4.28. The van der Waals surface area contributed by atoms with Gasteiger partial charge in [0.25, 0.3) is 10.0 Å². The molecule has 2 aromatic rings. The normalized spacial score (nSPS) is 13.8. The molecule has 0 spiro atoms. The van der Waals surface area contributed by atoms with E-state index in [0.29, 0.717) is 17.3 Å². The van der Waals surface area contributed by atoms with Crippen molar-refractivity contribution in [2.75, 3.05) is 26.2 Å². The van der Waals surface area contributed by atoms with Crippen molar-refractivity contribution >= 4 is 21.4 Å². The Balaban J connectivity index is 1.51. The molecule has 0 aliphatic carbocycles. The molecular weight excluding hydrogens is 368 g/mol. The Bertz CT molecular complexity index is 842. The Morgan fingerprint density at radius 3 is 2.77 bits per heavy atom. The second-order valence-corrected chi connectivity index (χ2v) is 9.61. The molecule has 0 bridgehead atoms. The van der Waals surface area contributed by atoms with Crippen LogP contribution in [0.25, 0.3) is 0 Å². The van der Waals surface area contributed by atoms with Gasteiger partial charge in [-0.3, -0.25) is 0 Å². The number of thiophene rings is 1. The Labute approximate surface area is 160 Å². The lowest BCUT2D eigenvalue weighted by atomic mass is 10.1. The SMILES string of the molecule is CCN(CC)S(=O)(=O)c1ccc(CCNCc2ccc3c(c2)CCO3)s1. The molecule has 0 saturated heterocycles. The van der Waals surface area contributed by atoms with Crippen LogP contribution in [-0.4, -0.2) is 39.0 Å². The monoisotopic (exact) mass is 394 g/mol. The predicted octanol–water partition coefficient (Wildman–Crippen LogP) is 3.05. The first-order valence-corrected chi connectivity index (χ1v) is 11.3. The molecule has 1 aliphatic rings. The standard InChI is InChI=1S/C19H26N2O3S2/c1-3-21(4-2)26(22,23)19-8-6-17(25-19)9-11-20-14-15-5-7-18-16(13-15)10-12-24-18/h5-8,13,20H,3-4,9-12,14H2,1-2H3. The molecule has 0 unspecified atom stereocenters. The van der Waals surface area contributed by atoms with Gasteiger partial charge in [-0.1, -0.05) is 26.0 Å². The van der Waals surface area contributed by atoms with Crippen LogP contribution in [-0.2, 0) is 29.4 Å². The molecular formula is C19H26N2O3S2. The van der Waals surface area contributed by atoms with E-state index in [1.54, 1.807) is 6.07 Å². The molecule has 0 saturated carbocycles. The van der Waals surface area contributed by atoms with Crippen molar-refractivity contribution in [1.29, 1.82) is 0 Å². The van der Waals surface area contributed by atoms with E-state index in [1.807, 2.05) is 26.0 Å². The summed E-state index contributed by atoms with van der Waals surface area (Å²) in [6.45, 7) is 7.14. The first kappa shape index (κ1) is 19.4. The summed E-state index contributed by atoms with van der Waals surface area (Å²) < 4.78 is 32.5. The molecule has 3 rings (SSSR count). The zero-order chi connectivity index (χ0) is 18.6. The van der Waals surface area contributed by atoms with Gasteiger partial charge in [0.1, 0.15) is 9.96 Å². The Hall–Kier alpha value is -1.41. The van der Waals surface area contributed by atoms with Crippen LogP contribution in [0.15, 0.2) is 34.5 Å². The van der Waals surface area contributed by atoms with Gasteiger partial charge in [-0.25, -0.2) is 8.42 Å². The molecule has 142 valence electrons. The van der Waals surface area contributed by atoms with E-state index in [1.165, 1.54) is 26.8 Å². The van der Waals surface area contributed by atoms with Crippen LogP contribution in [0.2, 0.25) is 0 Å². The fraction of sp³-hybridized carbons (Fsp3) is 0.474. The van der Waals surface area contributed by atoms with E-state index >= 15 is 0 Å². The summed E-state index contributed by atoms with van der Waals surface area (Å²) in [4.78, 5) is 1.09. The van der Waals surface area contributed by atoms with Crippen molar-refractivity contribution in [2.24, 2.45) is 0 Å². The number of nitrogens with one attached hydrogen (secondary N) is 1. The van der Waals surface area contributed by atoms with Gasteiger partial charge in [0, 0.05) is 37.5 Å². The molecule has 2 heterocycles. The maximum atomic E-state index is 12.5. The highest BCUT2D eigenvalue weighted by molar-refractivity contribution is 7.91. The lowest BCUT2D eigenvalue weighted by molar-refractivity contribution is 0.357. The van der Waals surface area contributed by atoms with Crippen LogP contribution < -0.4 is 10.1 Å². The van der Waals surface area contributed by atoms with Crippen molar-refractivity contribution in [2.45, 2.75) is 37.4 Å². The van der Waals surface area contributed by atoms with Crippen LogP contribution in [0, 0.1) is 0 Å². The summed E-state index contributed by atoms with van der Waals surface area (Å²) in [6.07, 6.45) is 1.81. The molecule has 0 radical (unpaired) electrons. The van der Waals surface area contributed by atoms with Crippen molar-refractivity contribution in [3.05, 3.63) is 46.3 Å². The zero-order valence-corrected chi connectivity index (χ0v) is 17.0. The van der Waals surface area contributed by atoms with Gasteiger partial charge in [0.05, 0.1) is 6.61 Å². The first-order valence-electron chi connectivity index (χ1n) is 9.08. The molecule has 1 aromatic carbocycles. The molecule has 0 amide bonds. The highest BCUT2D eigenvalue weighted by atomic mass is 32.2. The average Bonchev–Trinajstić information content (AvgIpc) is 3.28. The van der Waals surface area contributed by atoms with Crippen molar-refractivity contribution in [1.82, 2.24) is 9.62 Å². The number of rotatable bonds is 9. The first-order chi connectivity index (χ1) is 12.5. The van der Waals surface area contributed by atoms with Crippen molar-refractivity contribution in [3.8, 4) is 5.75 Å². The molecule has 1 aromatic heterocycles. The third-order valence-electron chi connectivity index (χ3n) is 4.57. The Morgan fingerprint density at radius 1 is 1.19 bits per heavy atom. The lowest BCUT2D eigenvalue weighted by Crippen LogP contribution is -2.29. The van der Waals surface area contributed by atoms with Gasteiger partial charge >= 0.3 is 0 Å². The van der Waals surface area contributed by atoms with E-state index in [-0.39, 0.29) is 0 Å². The van der Waals surface area contributed by atoms with Crippen molar-refractivity contribution in [3.63, 3.8) is 0 Å². The van der Waals surface area contributed by atoms with E-state index < -0.39 is 10.0 Å². The van der Waals surface area contributed by atoms with Gasteiger partial charge in [0.15, 0.2) is 0 Å².